The fraction of sp³-hybridized carbons (Fsp3) is 0.143. The minimum atomic E-state index is 0.757. The van der Waals surface area contributed by atoms with Gasteiger partial charge in [-0.15, -0.1) is 5.10 Å². The molecule has 0 unspecified atom stereocenters. The van der Waals surface area contributed by atoms with E-state index in [9.17, 15) is 0 Å². The second-order valence-electron chi connectivity index (χ2n) is 4.77. The number of aryl methyl sites for hydroxylation is 1. The average Bonchev–Trinajstić information content (AvgIpc) is 3.04. The van der Waals surface area contributed by atoms with Crippen LogP contribution in [0.15, 0.2) is 43.0 Å². The van der Waals surface area contributed by atoms with Gasteiger partial charge in [-0.3, -0.25) is 4.98 Å². The summed E-state index contributed by atoms with van der Waals surface area (Å²) in [5.74, 6) is 0. The van der Waals surface area contributed by atoms with Gasteiger partial charge in [0.2, 0.25) is 0 Å². The number of aromatic nitrogens is 6. The van der Waals surface area contributed by atoms with Crippen molar-refractivity contribution in [2.24, 2.45) is 7.05 Å². The second kappa shape index (κ2) is 4.12. The molecule has 0 spiro atoms. The molecule has 4 aromatic rings. The molecule has 0 N–H and O–H groups in total. The van der Waals surface area contributed by atoms with E-state index in [1.165, 1.54) is 5.56 Å². The van der Waals surface area contributed by atoms with Crippen LogP contribution in [-0.4, -0.2) is 29.5 Å². The number of benzene rings is 1. The van der Waals surface area contributed by atoms with Crippen LogP contribution in [0.25, 0.3) is 22.1 Å². The second-order valence-corrected chi connectivity index (χ2v) is 4.77. The summed E-state index contributed by atoms with van der Waals surface area (Å²) in [6.07, 6.45) is 5.40. The lowest BCUT2D eigenvalue weighted by Crippen LogP contribution is -1.98. The van der Waals surface area contributed by atoms with Crippen LogP contribution in [0.2, 0.25) is 0 Å². The van der Waals surface area contributed by atoms with Crippen molar-refractivity contribution in [1.29, 1.82) is 0 Å². The summed E-state index contributed by atoms with van der Waals surface area (Å²) in [6, 6.07) is 8.18. The molecule has 0 amide bonds. The van der Waals surface area contributed by atoms with E-state index in [1.807, 2.05) is 25.5 Å². The van der Waals surface area contributed by atoms with E-state index in [1.54, 1.807) is 17.1 Å². The monoisotopic (exact) mass is 264 g/mol. The quantitative estimate of drug-likeness (QED) is 0.553. The van der Waals surface area contributed by atoms with Gasteiger partial charge in [-0.25, -0.2) is 9.67 Å². The lowest BCUT2D eigenvalue weighted by molar-refractivity contribution is 0.736. The minimum absolute atomic E-state index is 0.757. The molecule has 0 saturated carbocycles. The number of hydrogen-bond acceptors (Lipinski definition) is 4. The molecule has 6 heteroatoms. The minimum Gasteiger partial charge on any atom is -0.326 e. The standard InChI is InChI=1S/C14H12N6/c1-19-13-3-2-10(6-11(13)17-18-19)8-20-9-16-12-7-15-5-4-14(12)20/h2-7,9H,8H2,1H3. The molecule has 1 aromatic carbocycles. The lowest BCUT2D eigenvalue weighted by Gasteiger charge is -2.04. The molecule has 0 radical (unpaired) electrons. The molecule has 0 atom stereocenters. The highest BCUT2D eigenvalue weighted by molar-refractivity contribution is 5.76. The van der Waals surface area contributed by atoms with Crippen LogP contribution < -0.4 is 0 Å². The van der Waals surface area contributed by atoms with Crippen molar-refractivity contribution in [3.8, 4) is 0 Å². The third-order valence-electron chi connectivity index (χ3n) is 3.45. The van der Waals surface area contributed by atoms with Crippen molar-refractivity contribution in [2.75, 3.05) is 0 Å². The summed E-state index contributed by atoms with van der Waals surface area (Å²) in [5.41, 5.74) is 5.12. The van der Waals surface area contributed by atoms with Gasteiger partial charge in [0, 0.05) is 19.8 Å². The van der Waals surface area contributed by atoms with Gasteiger partial charge in [-0.05, 0) is 23.8 Å². The molecule has 3 heterocycles. The van der Waals surface area contributed by atoms with E-state index in [4.69, 9.17) is 0 Å². The zero-order chi connectivity index (χ0) is 13.5. The smallest absolute Gasteiger partial charge is 0.113 e. The highest BCUT2D eigenvalue weighted by Crippen LogP contribution is 2.16. The fourth-order valence-electron chi connectivity index (χ4n) is 2.42. The normalized spacial score (nSPS) is 11.4. The molecule has 0 aliphatic rings. The van der Waals surface area contributed by atoms with Gasteiger partial charge in [0.1, 0.15) is 11.0 Å². The van der Waals surface area contributed by atoms with E-state index in [0.29, 0.717) is 0 Å². The Balaban J connectivity index is 1.76. The molecule has 0 fully saturated rings. The summed E-state index contributed by atoms with van der Waals surface area (Å²) in [7, 11) is 1.89. The maximum absolute atomic E-state index is 4.35. The van der Waals surface area contributed by atoms with Gasteiger partial charge in [-0.1, -0.05) is 11.3 Å². The summed E-state index contributed by atoms with van der Waals surface area (Å²) in [5, 5.41) is 8.17. The van der Waals surface area contributed by atoms with E-state index in [0.717, 1.165) is 28.6 Å². The van der Waals surface area contributed by atoms with E-state index >= 15 is 0 Å². The first kappa shape index (κ1) is 11.1. The van der Waals surface area contributed by atoms with Crippen LogP contribution in [0.4, 0.5) is 0 Å². The molecule has 3 aromatic heterocycles. The Morgan fingerprint density at radius 3 is 3.00 bits per heavy atom. The first-order valence-corrected chi connectivity index (χ1v) is 6.34. The van der Waals surface area contributed by atoms with E-state index in [2.05, 4.69) is 37.0 Å². The molecule has 4 rings (SSSR count). The Hall–Kier alpha value is -2.76. The van der Waals surface area contributed by atoms with Gasteiger partial charge < -0.3 is 4.57 Å². The highest BCUT2D eigenvalue weighted by atomic mass is 15.4. The number of rotatable bonds is 2. The van der Waals surface area contributed by atoms with Gasteiger partial charge in [0.25, 0.3) is 0 Å². The van der Waals surface area contributed by atoms with Crippen molar-refractivity contribution < 1.29 is 0 Å². The first-order chi connectivity index (χ1) is 9.81. The summed E-state index contributed by atoms with van der Waals surface area (Å²) >= 11 is 0. The third-order valence-corrected chi connectivity index (χ3v) is 3.45. The fourth-order valence-corrected chi connectivity index (χ4v) is 2.42. The topological polar surface area (TPSA) is 61.4 Å². The number of nitrogens with zero attached hydrogens (tertiary/aromatic N) is 6. The SMILES string of the molecule is Cn1nnc2cc(Cn3cnc4cnccc43)ccc21. The van der Waals surface area contributed by atoms with Gasteiger partial charge in [-0.2, -0.15) is 0 Å². The summed E-state index contributed by atoms with van der Waals surface area (Å²) in [6.45, 7) is 0.757. The molecular weight excluding hydrogens is 252 g/mol. The van der Waals surface area contributed by atoms with E-state index < -0.39 is 0 Å². The average molecular weight is 264 g/mol. The third kappa shape index (κ3) is 1.65. The Kier molecular flexibility index (Phi) is 2.29. The van der Waals surface area contributed by atoms with Crippen molar-refractivity contribution in [1.82, 2.24) is 29.5 Å². The van der Waals surface area contributed by atoms with Crippen LogP contribution in [0.3, 0.4) is 0 Å². The number of hydrogen-bond donors (Lipinski definition) is 0. The Labute approximate surface area is 114 Å². The maximum Gasteiger partial charge on any atom is 0.113 e. The Morgan fingerprint density at radius 2 is 2.05 bits per heavy atom. The van der Waals surface area contributed by atoms with Crippen LogP contribution in [-0.2, 0) is 13.6 Å². The number of pyridine rings is 1. The Morgan fingerprint density at radius 1 is 1.10 bits per heavy atom. The maximum atomic E-state index is 4.35. The van der Waals surface area contributed by atoms with Crippen molar-refractivity contribution in [3.05, 3.63) is 48.5 Å². The number of fused-ring (bicyclic) bond motifs is 2. The van der Waals surface area contributed by atoms with Crippen LogP contribution in [0.1, 0.15) is 5.56 Å². The lowest BCUT2D eigenvalue weighted by atomic mass is 10.2. The first-order valence-electron chi connectivity index (χ1n) is 6.34. The molecule has 0 bridgehead atoms. The Bertz CT molecular complexity index is 904. The predicted octanol–water partition coefficient (Wildman–Crippen LogP) is 1.76. The highest BCUT2D eigenvalue weighted by Gasteiger charge is 2.05. The van der Waals surface area contributed by atoms with Crippen molar-refractivity contribution in [3.63, 3.8) is 0 Å². The molecule has 0 saturated heterocycles. The molecule has 0 aliphatic carbocycles. The summed E-state index contributed by atoms with van der Waals surface area (Å²) in [4.78, 5) is 8.43. The molecule has 20 heavy (non-hydrogen) atoms. The van der Waals surface area contributed by atoms with E-state index in [-0.39, 0.29) is 0 Å². The van der Waals surface area contributed by atoms with Gasteiger partial charge in [0.05, 0.1) is 23.6 Å². The van der Waals surface area contributed by atoms with Crippen LogP contribution >= 0.6 is 0 Å². The van der Waals surface area contributed by atoms with Gasteiger partial charge >= 0.3 is 0 Å². The zero-order valence-electron chi connectivity index (χ0n) is 10.9. The predicted molar refractivity (Wildman–Crippen MR) is 75.1 cm³/mol. The largest absolute Gasteiger partial charge is 0.326 e. The molecule has 6 nitrogen and oxygen atoms in total. The van der Waals surface area contributed by atoms with Crippen LogP contribution in [0.5, 0.6) is 0 Å². The molecule has 98 valence electrons. The van der Waals surface area contributed by atoms with Crippen molar-refractivity contribution >= 4 is 22.1 Å². The number of imidazole rings is 1. The van der Waals surface area contributed by atoms with Crippen molar-refractivity contribution in [2.45, 2.75) is 6.54 Å². The molecule has 0 aliphatic heterocycles. The van der Waals surface area contributed by atoms with Crippen LogP contribution in [0, 0.1) is 0 Å². The summed E-state index contributed by atoms with van der Waals surface area (Å²) < 4.78 is 3.88. The molecular formula is C14H12N6. The van der Waals surface area contributed by atoms with Gasteiger partial charge in [0.15, 0.2) is 0 Å². The zero-order valence-corrected chi connectivity index (χ0v) is 10.9.